The van der Waals surface area contributed by atoms with Crippen LogP contribution in [-0.2, 0) is 13.0 Å². The van der Waals surface area contributed by atoms with Crippen LogP contribution >= 0.6 is 0 Å². The van der Waals surface area contributed by atoms with Gasteiger partial charge in [0.2, 0.25) is 0 Å². The van der Waals surface area contributed by atoms with E-state index in [-0.39, 0.29) is 17.5 Å². The average Bonchev–Trinajstić information content (AvgIpc) is 3.14. The molecule has 1 aliphatic rings. The van der Waals surface area contributed by atoms with Crippen LogP contribution in [-0.4, -0.2) is 43.2 Å². The van der Waals surface area contributed by atoms with Gasteiger partial charge in [-0.25, -0.2) is 14.5 Å². The fraction of sp³-hybridized carbons (Fsp3) is 0.364. The number of pyridine rings is 1. The maximum Gasteiger partial charge on any atom is 0.335 e. The summed E-state index contributed by atoms with van der Waals surface area (Å²) >= 11 is 0. The van der Waals surface area contributed by atoms with E-state index in [1.165, 1.54) is 0 Å². The minimum atomic E-state index is -0.958. The molecule has 1 unspecified atom stereocenters. The molecule has 2 aromatic heterocycles. The van der Waals surface area contributed by atoms with Crippen molar-refractivity contribution in [1.82, 2.24) is 19.7 Å². The molecular weight excluding hydrogens is 368 g/mol. The number of aryl methyl sites for hydroxylation is 1. The Morgan fingerprint density at radius 2 is 2.03 bits per heavy atom. The molecule has 0 saturated carbocycles. The van der Waals surface area contributed by atoms with Crippen LogP contribution in [0.15, 0.2) is 30.5 Å². The van der Waals surface area contributed by atoms with E-state index in [2.05, 4.69) is 23.9 Å². The van der Waals surface area contributed by atoms with Crippen molar-refractivity contribution in [2.24, 2.45) is 0 Å². The molecule has 3 heterocycles. The minimum absolute atomic E-state index is 0.0735. The van der Waals surface area contributed by atoms with Crippen LogP contribution in [0.1, 0.15) is 63.8 Å². The fourth-order valence-corrected chi connectivity index (χ4v) is 3.85. The van der Waals surface area contributed by atoms with E-state index in [4.69, 9.17) is 0 Å². The van der Waals surface area contributed by atoms with Crippen molar-refractivity contribution in [1.29, 1.82) is 0 Å². The second kappa shape index (κ2) is 7.31. The Balaban J connectivity index is 1.70. The van der Waals surface area contributed by atoms with Gasteiger partial charge in [0, 0.05) is 18.8 Å². The first-order chi connectivity index (χ1) is 13.9. The topological polar surface area (TPSA) is 88.3 Å². The lowest BCUT2D eigenvalue weighted by Crippen LogP contribution is -2.36. The first kappa shape index (κ1) is 19.1. The number of carboxylic acid groups (broad SMARTS) is 1. The first-order valence-corrected chi connectivity index (χ1v) is 9.88. The quantitative estimate of drug-likeness (QED) is 0.733. The molecule has 7 heteroatoms. The van der Waals surface area contributed by atoms with Gasteiger partial charge in [-0.2, -0.15) is 5.10 Å². The summed E-state index contributed by atoms with van der Waals surface area (Å²) in [5.74, 6) is -1.03. The summed E-state index contributed by atoms with van der Waals surface area (Å²) in [6.07, 6.45) is 3.35. The predicted octanol–water partition coefficient (Wildman–Crippen LogP) is 3.61. The summed E-state index contributed by atoms with van der Waals surface area (Å²) < 4.78 is 1.88. The number of carboxylic acids is 1. The molecule has 29 heavy (non-hydrogen) atoms. The lowest BCUT2D eigenvalue weighted by atomic mass is 9.96. The average molecular weight is 392 g/mol. The SMILES string of the molecule is CCC(C)n1ncc2c(C(=O)N3CCc4ccc(C(=O)O)cc4C3)cc(C)nc21. The Kier molecular flexibility index (Phi) is 4.82. The number of nitrogens with zero attached hydrogens (tertiary/aromatic N) is 4. The number of fused-ring (bicyclic) bond motifs is 2. The number of hydrogen-bond donors (Lipinski definition) is 1. The fourth-order valence-electron chi connectivity index (χ4n) is 3.85. The zero-order valence-electron chi connectivity index (χ0n) is 16.8. The smallest absolute Gasteiger partial charge is 0.335 e. The number of carbonyl (C=O) groups excluding carboxylic acids is 1. The molecule has 4 rings (SSSR count). The molecule has 150 valence electrons. The van der Waals surface area contributed by atoms with Gasteiger partial charge in [0.15, 0.2) is 5.65 Å². The summed E-state index contributed by atoms with van der Waals surface area (Å²) in [7, 11) is 0. The Bertz CT molecular complexity index is 1120. The first-order valence-electron chi connectivity index (χ1n) is 9.88. The molecule has 7 nitrogen and oxygen atoms in total. The normalized spacial score (nSPS) is 14.7. The third-order valence-corrected chi connectivity index (χ3v) is 5.69. The van der Waals surface area contributed by atoms with Crippen LogP contribution in [0.3, 0.4) is 0 Å². The maximum absolute atomic E-state index is 13.4. The van der Waals surface area contributed by atoms with Crippen LogP contribution in [0.25, 0.3) is 11.0 Å². The molecule has 1 aromatic carbocycles. The van der Waals surface area contributed by atoms with E-state index in [0.717, 1.165) is 34.3 Å². The number of benzene rings is 1. The van der Waals surface area contributed by atoms with Gasteiger partial charge in [-0.1, -0.05) is 13.0 Å². The predicted molar refractivity (Wildman–Crippen MR) is 109 cm³/mol. The largest absolute Gasteiger partial charge is 0.478 e. The number of rotatable bonds is 4. The summed E-state index contributed by atoms with van der Waals surface area (Å²) in [5, 5.41) is 14.5. The van der Waals surface area contributed by atoms with Gasteiger partial charge >= 0.3 is 5.97 Å². The zero-order chi connectivity index (χ0) is 20.7. The summed E-state index contributed by atoms with van der Waals surface area (Å²) in [4.78, 5) is 31.1. The third-order valence-electron chi connectivity index (χ3n) is 5.69. The van der Waals surface area contributed by atoms with Gasteiger partial charge < -0.3 is 10.0 Å². The molecule has 1 aliphatic heterocycles. The van der Waals surface area contributed by atoms with Gasteiger partial charge in [-0.15, -0.1) is 0 Å². The molecule has 0 radical (unpaired) electrons. The van der Waals surface area contributed by atoms with Crippen LogP contribution in [0, 0.1) is 6.92 Å². The second-order valence-corrected chi connectivity index (χ2v) is 7.66. The Hall–Kier alpha value is -3.22. The van der Waals surface area contributed by atoms with E-state index in [0.29, 0.717) is 25.1 Å². The molecular formula is C22H24N4O3. The lowest BCUT2D eigenvalue weighted by molar-refractivity contribution is 0.0696. The third kappa shape index (κ3) is 3.37. The highest BCUT2D eigenvalue weighted by Crippen LogP contribution is 2.26. The molecule has 0 aliphatic carbocycles. The van der Waals surface area contributed by atoms with E-state index < -0.39 is 5.97 Å². The Morgan fingerprint density at radius 1 is 1.24 bits per heavy atom. The van der Waals surface area contributed by atoms with Crippen molar-refractivity contribution < 1.29 is 14.7 Å². The Morgan fingerprint density at radius 3 is 2.76 bits per heavy atom. The van der Waals surface area contributed by atoms with Crippen molar-refractivity contribution in [3.05, 3.63) is 58.4 Å². The monoisotopic (exact) mass is 392 g/mol. The van der Waals surface area contributed by atoms with Crippen LogP contribution in [0.4, 0.5) is 0 Å². The molecule has 3 aromatic rings. The number of amides is 1. The van der Waals surface area contributed by atoms with E-state index >= 15 is 0 Å². The maximum atomic E-state index is 13.4. The molecule has 0 spiro atoms. The molecule has 1 amide bonds. The van der Waals surface area contributed by atoms with Gasteiger partial charge in [0.05, 0.1) is 28.8 Å². The standard InChI is InChI=1S/C22H24N4O3/c1-4-14(3)26-20-19(11-23-26)18(9-13(2)24-20)21(27)25-8-7-15-5-6-16(22(28)29)10-17(15)12-25/h5-6,9-11,14H,4,7-8,12H2,1-3H3,(H,28,29). The van der Waals surface area contributed by atoms with Crippen LogP contribution in [0.2, 0.25) is 0 Å². The summed E-state index contributed by atoms with van der Waals surface area (Å²) in [6.45, 7) is 7.06. The highest BCUT2D eigenvalue weighted by molar-refractivity contribution is 6.05. The van der Waals surface area contributed by atoms with E-state index in [1.54, 1.807) is 23.2 Å². The number of aromatic nitrogens is 3. The van der Waals surface area contributed by atoms with E-state index in [9.17, 15) is 14.7 Å². The van der Waals surface area contributed by atoms with Crippen LogP contribution in [0.5, 0.6) is 0 Å². The molecule has 1 atom stereocenters. The van der Waals surface area contributed by atoms with Crippen molar-refractivity contribution in [3.63, 3.8) is 0 Å². The Labute approximate surface area is 169 Å². The molecule has 1 N–H and O–H groups in total. The van der Waals surface area contributed by atoms with Crippen molar-refractivity contribution in [2.75, 3.05) is 6.54 Å². The highest BCUT2D eigenvalue weighted by Gasteiger charge is 2.25. The van der Waals surface area contributed by atoms with Gasteiger partial charge in [0.25, 0.3) is 5.91 Å². The lowest BCUT2D eigenvalue weighted by Gasteiger charge is -2.29. The summed E-state index contributed by atoms with van der Waals surface area (Å²) in [6, 6.07) is 7.16. The molecule has 0 bridgehead atoms. The van der Waals surface area contributed by atoms with Crippen LogP contribution < -0.4 is 0 Å². The second-order valence-electron chi connectivity index (χ2n) is 7.66. The molecule has 0 fully saturated rings. The highest BCUT2D eigenvalue weighted by atomic mass is 16.4. The number of hydrogen-bond acceptors (Lipinski definition) is 4. The minimum Gasteiger partial charge on any atom is -0.478 e. The summed E-state index contributed by atoms with van der Waals surface area (Å²) in [5.41, 5.74) is 4.33. The van der Waals surface area contributed by atoms with Crippen molar-refractivity contribution >= 4 is 22.9 Å². The van der Waals surface area contributed by atoms with Crippen molar-refractivity contribution in [3.8, 4) is 0 Å². The van der Waals surface area contributed by atoms with Crippen molar-refractivity contribution in [2.45, 2.75) is 46.2 Å². The zero-order valence-corrected chi connectivity index (χ0v) is 16.8. The number of aromatic carboxylic acids is 1. The van der Waals surface area contributed by atoms with Gasteiger partial charge in [-0.05, 0) is 56.0 Å². The number of carbonyl (C=O) groups is 2. The van der Waals surface area contributed by atoms with E-state index in [1.807, 2.05) is 23.7 Å². The molecule has 0 saturated heterocycles. The van der Waals surface area contributed by atoms with Gasteiger partial charge in [0.1, 0.15) is 0 Å². The van der Waals surface area contributed by atoms with Gasteiger partial charge in [-0.3, -0.25) is 4.79 Å².